The van der Waals surface area contributed by atoms with Gasteiger partial charge >= 0.3 is 16.0 Å². The number of benzene rings is 1. The first kappa shape index (κ1) is 16.3. The van der Waals surface area contributed by atoms with Crippen molar-refractivity contribution in [2.24, 2.45) is 7.05 Å². The van der Waals surface area contributed by atoms with Crippen LogP contribution < -0.4 is 9.46 Å². The van der Waals surface area contributed by atoms with Crippen LogP contribution in [-0.2, 0) is 17.1 Å². The van der Waals surface area contributed by atoms with Crippen LogP contribution in [0.25, 0.3) is 16.6 Å². The molecule has 1 N–H and O–H groups in total. The highest BCUT2D eigenvalue weighted by molar-refractivity contribution is 7.92. The molecule has 0 saturated carbocycles. The van der Waals surface area contributed by atoms with Gasteiger partial charge < -0.3 is 4.74 Å². The molecule has 10 nitrogen and oxygen atoms in total. The first-order valence-electron chi connectivity index (χ1n) is 7.62. The van der Waals surface area contributed by atoms with Crippen LogP contribution in [0.1, 0.15) is 5.69 Å². The maximum Gasteiger partial charge on any atom is 0.319 e. The minimum Gasteiger partial charge on any atom is -0.467 e. The van der Waals surface area contributed by atoms with Crippen LogP contribution in [0.2, 0.25) is 0 Å². The predicted molar refractivity (Wildman–Crippen MR) is 93.6 cm³/mol. The van der Waals surface area contributed by atoms with Gasteiger partial charge in [-0.25, -0.2) is 4.98 Å². The number of hydrogen-bond donors (Lipinski definition) is 1. The lowest BCUT2D eigenvalue weighted by Gasteiger charge is -2.02. The minimum atomic E-state index is -4.04. The molecule has 3 aromatic heterocycles. The quantitative estimate of drug-likeness (QED) is 0.570. The Morgan fingerprint density at radius 3 is 2.69 bits per heavy atom. The van der Waals surface area contributed by atoms with Gasteiger partial charge in [-0.05, 0) is 19.1 Å². The number of methoxy groups -OCH3 is 1. The third-order valence-electron chi connectivity index (χ3n) is 3.82. The van der Waals surface area contributed by atoms with Gasteiger partial charge in [0.15, 0.2) is 11.5 Å². The smallest absolute Gasteiger partial charge is 0.319 e. The number of nitrogens with one attached hydrogen (secondary N) is 1. The first-order valence-corrected chi connectivity index (χ1v) is 9.10. The number of anilines is 1. The van der Waals surface area contributed by atoms with E-state index in [4.69, 9.17) is 4.74 Å². The van der Waals surface area contributed by atoms with Crippen molar-refractivity contribution >= 4 is 32.4 Å². The summed E-state index contributed by atoms with van der Waals surface area (Å²) in [5.74, 6) is 0.211. The molecule has 4 aromatic rings. The van der Waals surface area contributed by atoms with Crippen molar-refractivity contribution in [2.45, 2.75) is 12.1 Å². The molecule has 0 unspecified atom stereocenters. The summed E-state index contributed by atoms with van der Waals surface area (Å²) in [6, 6.07) is 9.07. The summed E-state index contributed by atoms with van der Waals surface area (Å²) >= 11 is 0. The number of ether oxygens (including phenoxy) is 1. The normalized spacial score (nSPS) is 12.0. The third-order valence-corrected chi connectivity index (χ3v) is 4.93. The van der Waals surface area contributed by atoms with Crippen LogP contribution >= 0.6 is 0 Å². The van der Waals surface area contributed by atoms with Gasteiger partial charge in [0.05, 0.1) is 12.6 Å². The molecule has 0 radical (unpaired) electrons. The molecule has 0 aliphatic heterocycles. The van der Waals surface area contributed by atoms with Crippen molar-refractivity contribution in [3.05, 3.63) is 36.0 Å². The summed E-state index contributed by atoms with van der Waals surface area (Å²) in [6.45, 7) is 1.75. The van der Waals surface area contributed by atoms with Crippen molar-refractivity contribution in [3.63, 3.8) is 0 Å². The van der Waals surface area contributed by atoms with Crippen LogP contribution in [0, 0.1) is 6.92 Å². The number of rotatable bonds is 4. The highest BCUT2D eigenvalue weighted by Crippen LogP contribution is 2.24. The van der Waals surface area contributed by atoms with Crippen LogP contribution in [0.4, 0.5) is 5.82 Å². The average Bonchev–Trinajstić information content (AvgIpc) is 3.17. The van der Waals surface area contributed by atoms with Gasteiger partial charge in [-0.1, -0.05) is 12.1 Å². The maximum atomic E-state index is 12.7. The van der Waals surface area contributed by atoms with Crippen LogP contribution in [-0.4, -0.2) is 44.9 Å². The highest BCUT2D eigenvalue weighted by Gasteiger charge is 2.24. The fourth-order valence-electron chi connectivity index (χ4n) is 2.66. The van der Waals surface area contributed by atoms with Gasteiger partial charge in [-0.3, -0.25) is 9.40 Å². The number of nitrogens with zero attached hydrogens (tertiary/aromatic N) is 6. The predicted octanol–water partition coefficient (Wildman–Crippen LogP) is 1.13. The summed E-state index contributed by atoms with van der Waals surface area (Å²) in [6.07, 6.45) is 0. The number of aryl methyl sites for hydroxylation is 2. The van der Waals surface area contributed by atoms with Crippen molar-refractivity contribution in [1.82, 2.24) is 29.4 Å². The first-order chi connectivity index (χ1) is 12.4. The number of fused-ring (bicyclic) bond motifs is 2. The Morgan fingerprint density at radius 2 is 1.92 bits per heavy atom. The largest absolute Gasteiger partial charge is 0.467 e. The van der Waals surface area contributed by atoms with E-state index in [0.717, 1.165) is 5.52 Å². The van der Waals surface area contributed by atoms with Gasteiger partial charge in [-0.2, -0.15) is 23.0 Å². The van der Waals surface area contributed by atoms with E-state index in [1.165, 1.54) is 11.6 Å². The third kappa shape index (κ3) is 2.52. The van der Waals surface area contributed by atoms with Crippen LogP contribution in [0.15, 0.2) is 35.5 Å². The van der Waals surface area contributed by atoms with Crippen LogP contribution in [0.3, 0.4) is 0 Å². The standard InChI is InChI=1S/C15H15N7O3S/c1-9-8-12-17-14(19-22(12)15(16-9)25-3)26(23,24)20-13-10-6-4-5-7-11(10)21(2)18-13/h4-8H,1-3H3,(H,18,20). The Hall–Kier alpha value is -3.21. The van der Waals surface area contributed by atoms with E-state index < -0.39 is 15.2 Å². The zero-order valence-electron chi connectivity index (χ0n) is 14.2. The van der Waals surface area contributed by atoms with Gasteiger partial charge in [0.2, 0.25) is 0 Å². The number of aromatic nitrogens is 6. The van der Waals surface area contributed by atoms with Gasteiger partial charge in [0.1, 0.15) is 0 Å². The molecule has 0 atom stereocenters. The highest BCUT2D eigenvalue weighted by atomic mass is 32.2. The second-order valence-electron chi connectivity index (χ2n) is 5.64. The van der Waals surface area contributed by atoms with E-state index in [-0.39, 0.29) is 11.8 Å². The molecule has 4 rings (SSSR count). The molecule has 0 bridgehead atoms. The van der Waals surface area contributed by atoms with Crippen molar-refractivity contribution in [2.75, 3.05) is 11.8 Å². The van der Waals surface area contributed by atoms with E-state index in [1.807, 2.05) is 18.2 Å². The zero-order chi connectivity index (χ0) is 18.5. The van der Waals surface area contributed by atoms with Crippen molar-refractivity contribution < 1.29 is 13.2 Å². The molecule has 3 heterocycles. The molecular weight excluding hydrogens is 358 g/mol. The molecule has 0 aliphatic carbocycles. The fraction of sp³-hybridized carbons (Fsp3) is 0.200. The summed E-state index contributed by atoms with van der Waals surface area (Å²) in [4.78, 5) is 8.23. The summed E-state index contributed by atoms with van der Waals surface area (Å²) in [5, 5.41) is 8.53. The monoisotopic (exact) mass is 373 g/mol. The van der Waals surface area contributed by atoms with E-state index in [2.05, 4.69) is 24.9 Å². The lowest BCUT2D eigenvalue weighted by Crippen LogP contribution is -2.15. The molecule has 0 amide bonds. The number of hydrogen-bond acceptors (Lipinski definition) is 7. The minimum absolute atomic E-state index is 0.150. The molecule has 0 saturated heterocycles. The van der Waals surface area contributed by atoms with E-state index in [0.29, 0.717) is 16.7 Å². The average molecular weight is 373 g/mol. The van der Waals surface area contributed by atoms with Crippen molar-refractivity contribution in [3.8, 4) is 6.01 Å². The van der Waals surface area contributed by atoms with Crippen LogP contribution in [0.5, 0.6) is 6.01 Å². The summed E-state index contributed by atoms with van der Waals surface area (Å²) < 4.78 is 35.9. The van der Waals surface area contributed by atoms with Gasteiger partial charge in [0.25, 0.3) is 5.16 Å². The summed E-state index contributed by atoms with van der Waals surface area (Å²) in [7, 11) is -0.879. The van der Waals surface area contributed by atoms with E-state index in [1.54, 1.807) is 30.8 Å². The number of sulfonamides is 1. The van der Waals surface area contributed by atoms with E-state index >= 15 is 0 Å². The Morgan fingerprint density at radius 1 is 1.15 bits per heavy atom. The molecule has 134 valence electrons. The topological polar surface area (TPSA) is 116 Å². The zero-order valence-corrected chi connectivity index (χ0v) is 15.0. The van der Waals surface area contributed by atoms with E-state index in [9.17, 15) is 8.42 Å². The number of para-hydroxylation sites is 1. The molecule has 0 fully saturated rings. The molecule has 26 heavy (non-hydrogen) atoms. The Labute approximate surface area is 148 Å². The second kappa shape index (κ2) is 5.66. The lowest BCUT2D eigenvalue weighted by molar-refractivity contribution is 0.365. The molecule has 11 heteroatoms. The van der Waals surface area contributed by atoms with Gasteiger partial charge in [0, 0.05) is 24.2 Å². The van der Waals surface area contributed by atoms with Gasteiger partial charge in [-0.15, -0.1) is 5.10 Å². The molecular formula is C15H15N7O3S. The fourth-order valence-corrected chi connectivity index (χ4v) is 3.56. The van der Waals surface area contributed by atoms with Crippen molar-refractivity contribution in [1.29, 1.82) is 0 Å². The lowest BCUT2D eigenvalue weighted by atomic mass is 10.2. The maximum absolute atomic E-state index is 12.7. The second-order valence-corrected chi connectivity index (χ2v) is 7.22. The SMILES string of the molecule is COc1nc(C)cc2nc(S(=O)(=O)Nc3nn(C)c4ccccc34)nn12. The Kier molecular flexibility index (Phi) is 3.54. The molecule has 0 aliphatic rings. The Balaban J connectivity index is 1.80. The molecule has 0 spiro atoms. The molecule has 1 aromatic carbocycles. The Bertz CT molecular complexity index is 1240. The summed E-state index contributed by atoms with van der Waals surface area (Å²) in [5.41, 5.74) is 1.75.